The van der Waals surface area contributed by atoms with E-state index in [4.69, 9.17) is 5.26 Å². The van der Waals surface area contributed by atoms with Crippen molar-refractivity contribution in [2.75, 3.05) is 5.75 Å². The normalized spacial score (nSPS) is 12.0. The molecule has 1 aromatic carbocycles. The van der Waals surface area contributed by atoms with Crippen LogP contribution in [-0.4, -0.2) is 5.75 Å². The van der Waals surface area contributed by atoms with Crippen LogP contribution in [0.25, 0.3) is 0 Å². The summed E-state index contributed by atoms with van der Waals surface area (Å²) in [5.41, 5.74) is 1.10. The third-order valence-electron chi connectivity index (χ3n) is 1.55. The van der Waals surface area contributed by atoms with Crippen LogP contribution in [-0.2, 0) is 0 Å². The Morgan fingerprint density at radius 2 is 2.08 bits per heavy atom. The van der Waals surface area contributed by atoms with Crippen LogP contribution in [0.2, 0.25) is 0 Å². The average Bonchev–Trinajstić information content (AvgIpc) is 2.15. The Morgan fingerprint density at radius 1 is 1.42 bits per heavy atom. The maximum absolute atomic E-state index is 8.84. The highest BCUT2D eigenvalue weighted by Crippen LogP contribution is 2.26. The SMILES string of the molecule is CCSC(C#N)c1ccccc1. The zero-order valence-corrected chi connectivity index (χ0v) is 7.84. The van der Waals surface area contributed by atoms with Gasteiger partial charge in [-0.15, -0.1) is 11.8 Å². The van der Waals surface area contributed by atoms with E-state index in [0.29, 0.717) is 0 Å². The fraction of sp³-hybridized carbons (Fsp3) is 0.300. The van der Waals surface area contributed by atoms with Gasteiger partial charge in [0.2, 0.25) is 0 Å². The van der Waals surface area contributed by atoms with E-state index in [2.05, 4.69) is 13.0 Å². The average molecular weight is 177 g/mol. The van der Waals surface area contributed by atoms with Crippen molar-refractivity contribution in [2.45, 2.75) is 12.2 Å². The maximum atomic E-state index is 8.84. The zero-order chi connectivity index (χ0) is 8.81. The lowest BCUT2D eigenvalue weighted by molar-refractivity contribution is 1.22. The van der Waals surface area contributed by atoms with Crippen molar-refractivity contribution in [3.8, 4) is 6.07 Å². The number of thioether (sulfide) groups is 1. The summed E-state index contributed by atoms with van der Waals surface area (Å²) in [5, 5.41) is 8.84. The molecule has 0 amide bonds. The summed E-state index contributed by atoms with van der Waals surface area (Å²) in [6, 6.07) is 12.2. The number of benzene rings is 1. The molecule has 1 nitrogen and oxygen atoms in total. The minimum absolute atomic E-state index is 0.00352. The van der Waals surface area contributed by atoms with Crippen molar-refractivity contribution in [2.24, 2.45) is 0 Å². The minimum Gasteiger partial charge on any atom is -0.197 e. The molecule has 0 saturated heterocycles. The van der Waals surface area contributed by atoms with Crippen LogP contribution < -0.4 is 0 Å². The van der Waals surface area contributed by atoms with Crippen molar-refractivity contribution in [3.05, 3.63) is 35.9 Å². The summed E-state index contributed by atoms with van der Waals surface area (Å²) in [6.07, 6.45) is 0. The highest BCUT2D eigenvalue weighted by molar-refractivity contribution is 7.99. The lowest BCUT2D eigenvalue weighted by Gasteiger charge is -2.05. The molecule has 0 spiro atoms. The Hall–Kier alpha value is -0.940. The van der Waals surface area contributed by atoms with Gasteiger partial charge >= 0.3 is 0 Å². The Balaban J connectivity index is 2.75. The molecule has 0 aliphatic rings. The molecule has 62 valence electrons. The smallest absolute Gasteiger partial charge is 0.117 e. The highest BCUT2D eigenvalue weighted by Gasteiger charge is 2.07. The van der Waals surface area contributed by atoms with Gasteiger partial charge < -0.3 is 0 Å². The van der Waals surface area contributed by atoms with Gasteiger partial charge in [-0.2, -0.15) is 5.26 Å². The van der Waals surface area contributed by atoms with E-state index in [-0.39, 0.29) is 5.25 Å². The quantitative estimate of drug-likeness (QED) is 0.708. The van der Waals surface area contributed by atoms with Gasteiger partial charge in [-0.25, -0.2) is 0 Å². The number of hydrogen-bond donors (Lipinski definition) is 0. The van der Waals surface area contributed by atoms with Gasteiger partial charge in [0.25, 0.3) is 0 Å². The summed E-state index contributed by atoms with van der Waals surface area (Å²) in [5.74, 6) is 0.979. The van der Waals surface area contributed by atoms with E-state index in [0.717, 1.165) is 11.3 Å². The summed E-state index contributed by atoms with van der Waals surface area (Å²) in [7, 11) is 0. The second kappa shape index (κ2) is 4.84. The molecule has 2 heteroatoms. The van der Waals surface area contributed by atoms with Crippen LogP contribution >= 0.6 is 11.8 Å². The first kappa shape index (κ1) is 9.15. The molecule has 0 bridgehead atoms. The first-order valence-electron chi connectivity index (χ1n) is 3.94. The van der Waals surface area contributed by atoms with Crippen molar-refractivity contribution in [1.82, 2.24) is 0 Å². The van der Waals surface area contributed by atoms with Crippen LogP contribution in [0.3, 0.4) is 0 Å². The van der Waals surface area contributed by atoms with Gasteiger partial charge in [0.15, 0.2) is 0 Å². The molecule has 1 aromatic rings. The van der Waals surface area contributed by atoms with Gasteiger partial charge in [0, 0.05) is 0 Å². The summed E-state index contributed by atoms with van der Waals surface area (Å²) in [4.78, 5) is 0. The number of hydrogen-bond acceptors (Lipinski definition) is 2. The van der Waals surface area contributed by atoms with Crippen LogP contribution in [0.15, 0.2) is 30.3 Å². The summed E-state index contributed by atoms with van der Waals surface area (Å²) < 4.78 is 0. The third kappa shape index (κ3) is 2.28. The van der Waals surface area contributed by atoms with Gasteiger partial charge in [0.1, 0.15) is 5.25 Å². The lowest BCUT2D eigenvalue weighted by Crippen LogP contribution is -1.89. The molecule has 1 atom stereocenters. The Morgan fingerprint density at radius 3 is 2.58 bits per heavy atom. The lowest BCUT2D eigenvalue weighted by atomic mass is 10.2. The topological polar surface area (TPSA) is 23.8 Å². The molecule has 0 heterocycles. The third-order valence-corrected chi connectivity index (χ3v) is 2.60. The second-order valence-corrected chi connectivity index (χ2v) is 3.76. The van der Waals surface area contributed by atoms with E-state index >= 15 is 0 Å². The fourth-order valence-corrected chi connectivity index (χ4v) is 1.76. The molecule has 12 heavy (non-hydrogen) atoms. The van der Waals surface area contributed by atoms with Gasteiger partial charge in [0.05, 0.1) is 6.07 Å². The van der Waals surface area contributed by atoms with Crippen molar-refractivity contribution < 1.29 is 0 Å². The van der Waals surface area contributed by atoms with Gasteiger partial charge in [-0.3, -0.25) is 0 Å². The monoisotopic (exact) mass is 177 g/mol. The van der Waals surface area contributed by atoms with E-state index in [1.165, 1.54) is 0 Å². The summed E-state index contributed by atoms with van der Waals surface area (Å²) >= 11 is 1.67. The molecule has 0 aliphatic carbocycles. The molecule has 0 aromatic heterocycles. The predicted octanol–water partition coefficient (Wildman–Crippen LogP) is 3.00. The number of rotatable bonds is 3. The first-order chi connectivity index (χ1) is 5.88. The van der Waals surface area contributed by atoms with E-state index in [1.54, 1.807) is 11.8 Å². The summed E-state index contributed by atoms with van der Waals surface area (Å²) in [6.45, 7) is 2.07. The molecule has 1 unspecified atom stereocenters. The standard InChI is InChI=1S/C10H11NS/c1-2-12-10(8-11)9-6-4-3-5-7-9/h3-7,10H,2H2,1H3. The minimum atomic E-state index is -0.00352. The predicted molar refractivity (Wildman–Crippen MR) is 52.9 cm³/mol. The Labute approximate surface area is 77.4 Å². The Kier molecular flexibility index (Phi) is 3.69. The van der Waals surface area contributed by atoms with Crippen molar-refractivity contribution >= 4 is 11.8 Å². The maximum Gasteiger partial charge on any atom is 0.117 e. The Bertz CT molecular complexity index is 263. The first-order valence-corrected chi connectivity index (χ1v) is 4.99. The van der Waals surface area contributed by atoms with Crippen LogP contribution in [0.1, 0.15) is 17.7 Å². The van der Waals surface area contributed by atoms with Crippen molar-refractivity contribution in [1.29, 1.82) is 5.26 Å². The molecular weight excluding hydrogens is 166 g/mol. The molecular formula is C10H11NS. The van der Waals surface area contributed by atoms with E-state index in [9.17, 15) is 0 Å². The van der Waals surface area contributed by atoms with Gasteiger partial charge in [-0.05, 0) is 11.3 Å². The molecule has 0 saturated carbocycles. The van der Waals surface area contributed by atoms with Crippen LogP contribution in [0.5, 0.6) is 0 Å². The largest absolute Gasteiger partial charge is 0.197 e. The fourth-order valence-electron chi connectivity index (χ4n) is 1.00. The second-order valence-electron chi connectivity index (χ2n) is 2.38. The van der Waals surface area contributed by atoms with Crippen molar-refractivity contribution in [3.63, 3.8) is 0 Å². The van der Waals surface area contributed by atoms with Crippen LogP contribution in [0.4, 0.5) is 0 Å². The molecule has 0 N–H and O–H groups in total. The van der Waals surface area contributed by atoms with E-state index in [1.807, 2.05) is 30.3 Å². The molecule has 0 aliphatic heterocycles. The molecule has 1 rings (SSSR count). The zero-order valence-electron chi connectivity index (χ0n) is 7.03. The number of nitriles is 1. The van der Waals surface area contributed by atoms with E-state index < -0.39 is 0 Å². The highest BCUT2D eigenvalue weighted by atomic mass is 32.2. The molecule has 0 radical (unpaired) electrons. The van der Waals surface area contributed by atoms with Crippen LogP contribution in [0, 0.1) is 11.3 Å². The molecule has 0 fully saturated rings. The van der Waals surface area contributed by atoms with Gasteiger partial charge in [-0.1, -0.05) is 37.3 Å². The number of nitrogens with zero attached hydrogens (tertiary/aromatic N) is 1.